The third-order valence-corrected chi connectivity index (χ3v) is 3.45. The minimum absolute atomic E-state index is 0.188. The van der Waals surface area contributed by atoms with Crippen LogP contribution in [0.15, 0.2) is 5.38 Å². The van der Waals surface area contributed by atoms with Crippen molar-refractivity contribution in [2.75, 3.05) is 5.73 Å². The van der Waals surface area contributed by atoms with Crippen molar-refractivity contribution in [1.82, 2.24) is 4.98 Å². The molecule has 0 unspecified atom stereocenters. The van der Waals surface area contributed by atoms with E-state index in [9.17, 15) is 0 Å². The Morgan fingerprint density at radius 2 is 2.00 bits per heavy atom. The molecule has 0 aromatic carbocycles. The zero-order valence-corrected chi connectivity index (χ0v) is 8.44. The van der Waals surface area contributed by atoms with Gasteiger partial charge in [0.15, 0.2) is 5.13 Å². The van der Waals surface area contributed by atoms with Crippen LogP contribution in [0.25, 0.3) is 0 Å². The van der Waals surface area contributed by atoms with Gasteiger partial charge in [-0.25, -0.2) is 4.98 Å². The molecule has 1 aliphatic rings. The molecule has 3 nitrogen and oxygen atoms in total. The second-order valence-corrected chi connectivity index (χ2v) is 4.68. The van der Waals surface area contributed by atoms with E-state index in [4.69, 9.17) is 11.5 Å². The first kappa shape index (κ1) is 8.97. The highest BCUT2D eigenvalue weighted by molar-refractivity contribution is 7.13. The summed E-state index contributed by atoms with van der Waals surface area (Å²) in [5, 5.41) is 2.63. The topological polar surface area (TPSA) is 64.9 Å². The maximum absolute atomic E-state index is 6.28. The molecule has 0 aliphatic heterocycles. The molecule has 0 radical (unpaired) electrons. The number of hydrogen-bond donors (Lipinski definition) is 2. The number of hydrogen-bond acceptors (Lipinski definition) is 4. The van der Waals surface area contributed by atoms with Crippen LogP contribution in [0.5, 0.6) is 0 Å². The SMILES string of the molecule is Nc1nc(C2(N)CCCCC2)cs1. The van der Waals surface area contributed by atoms with Crippen molar-refractivity contribution in [3.8, 4) is 0 Å². The van der Waals surface area contributed by atoms with Crippen LogP contribution in [0.4, 0.5) is 5.13 Å². The number of nitrogen functional groups attached to an aromatic ring is 1. The molecule has 1 aliphatic carbocycles. The highest BCUT2D eigenvalue weighted by atomic mass is 32.1. The normalized spacial score (nSPS) is 21.6. The molecule has 4 heteroatoms. The summed E-state index contributed by atoms with van der Waals surface area (Å²) in [7, 11) is 0. The first-order valence-corrected chi connectivity index (χ1v) is 5.59. The van der Waals surface area contributed by atoms with E-state index < -0.39 is 0 Å². The second kappa shape index (κ2) is 3.27. The summed E-state index contributed by atoms with van der Waals surface area (Å²) in [6.07, 6.45) is 5.84. The Bertz CT molecular complexity index is 289. The van der Waals surface area contributed by atoms with E-state index in [1.54, 1.807) is 0 Å². The molecule has 1 fully saturated rings. The summed E-state index contributed by atoms with van der Waals surface area (Å²) in [5.41, 5.74) is 12.7. The van der Waals surface area contributed by atoms with Crippen LogP contribution in [0.3, 0.4) is 0 Å². The molecule has 0 bridgehead atoms. The molecule has 4 N–H and O–H groups in total. The average molecular weight is 197 g/mol. The number of rotatable bonds is 1. The van der Waals surface area contributed by atoms with Crippen LogP contribution in [-0.2, 0) is 5.54 Å². The van der Waals surface area contributed by atoms with Gasteiger partial charge >= 0.3 is 0 Å². The largest absolute Gasteiger partial charge is 0.375 e. The van der Waals surface area contributed by atoms with Crippen molar-refractivity contribution in [1.29, 1.82) is 0 Å². The van der Waals surface area contributed by atoms with Gasteiger partial charge in [-0.2, -0.15) is 0 Å². The van der Waals surface area contributed by atoms with Gasteiger partial charge in [0.2, 0.25) is 0 Å². The first-order valence-electron chi connectivity index (χ1n) is 4.71. The maximum atomic E-state index is 6.28. The minimum atomic E-state index is -0.188. The minimum Gasteiger partial charge on any atom is -0.375 e. The lowest BCUT2D eigenvalue weighted by atomic mass is 9.81. The molecule has 0 spiro atoms. The van der Waals surface area contributed by atoms with Crippen LogP contribution in [0.2, 0.25) is 0 Å². The van der Waals surface area contributed by atoms with Crippen LogP contribution in [-0.4, -0.2) is 4.98 Å². The molecule has 1 heterocycles. The van der Waals surface area contributed by atoms with Crippen molar-refractivity contribution in [3.63, 3.8) is 0 Å². The van der Waals surface area contributed by atoms with Crippen LogP contribution >= 0.6 is 11.3 Å². The van der Waals surface area contributed by atoms with E-state index in [1.807, 2.05) is 5.38 Å². The summed E-state index contributed by atoms with van der Waals surface area (Å²) >= 11 is 1.48. The first-order chi connectivity index (χ1) is 6.21. The van der Waals surface area contributed by atoms with E-state index in [2.05, 4.69) is 4.98 Å². The lowest BCUT2D eigenvalue weighted by Gasteiger charge is -2.31. The predicted molar refractivity (Wildman–Crippen MR) is 55.5 cm³/mol. The summed E-state index contributed by atoms with van der Waals surface area (Å²) in [6.45, 7) is 0. The van der Waals surface area contributed by atoms with E-state index in [1.165, 1.54) is 30.6 Å². The molecule has 1 saturated carbocycles. The van der Waals surface area contributed by atoms with Crippen molar-refractivity contribution in [2.24, 2.45) is 5.73 Å². The molecule has 0 atom stereocenters. The van der Waals surface area contributed by atoms with Crippen LogP contribution < -0.4 is 11.5 Å². The lowest BCUT2D eigenvalue weighted by molar-refractivity contribution is 0.296. The van der Waals surface area contributed by atoms with Crippen LogP contribution in [0.1, 0.15) is 37.8 Å². The Hall–Kier alpha value is -0.610. The number of thiazole rings is 1. The lowest BCUT2D eigenvalue weighted by Crippen LogP contribution is -2.38. The highest BCUT2D eigenvalue weighted by Gasteiger charge is 2.31. The zero-order valence-electron chi connectivity index (χ0n) is 7.62. The molecular weight excluding hydrogens is 182 g/mol. The summed E-state index contributed by atoms with van der Waals surface area (Å²) in [5.74, 6) is 0. The van der Waals surface area contributed by atoms with Gasteiger partial charge in [-0.05, 0) is 12.8 Å². The molecule has 72 valence electrons. The molecule has 2 rings (SSSR count). The Balaban J connectivity index is 2.22. The van der Waals surface area contributed by atoms with E-state index in [-0.39, 0.29) is 5.54 Å². The van der Waals surface area contributed by atoms with E-state index >= 15 is 0 Å². The third kappa shape index (κ3) is 1.69. The third-order valence-electron chi connectivity index (χ3n) is 2.78. The van der Waals surface area contributed by atoms with E-state index in [0.29, 0.717) is 5.13 Å². The molecule has 13 heavy (non-hydrogen) atoms. The van der Waals surface area contributed by atoms with Crippen molar-refractivity contribution >= 4 is 16.5 Å². The average Bonchev–Trinajstić information content (AvgIpc) is 2.54. The quantitative estimate of drug-likeness (QED) is 0.722. The molecule has 1 aromatic rings. The summed E-state index contributed by atoms with van der Waals surface area (Å²) in [4.78, 5) is 4.28. The Labute approximate surface area is 82.2 Å². The van der Waals surface area contributed by atoms with Crippen molar-refractivity contribution in [2.45, 2.75) is 37.6 Å². The van der Waals surface area contributed by atoms with Gasteiger partial charge in [0.1, 0.15) is 0 Å². The van der Waals surface area contributed by atoms with Crippen LogP contribution in [0, 0.1) is 0 Å². The second-order valence-electron chi connectivity index (χ2n) is 3.79. The van der Waals surface area contributed by atoms with Gasteiger partial charge in [-0.1, -0.05) is 19.3 Å². The van der Waals surface area contributed by atoms with Gasteiger partial charge in [-0.3, -0.25) is 0 Å². The maximum Gasteiger partial charge on any atom is 0.180 e. The number of nitrogens with zero attached hydrogens (tertiary/aromatic N) is 1. The van der Waals surface area contributed by atoms with E-state index in [0.717, 1.165) is 18.5 Å². The number of nitrogens with two attached hydrogens (primary N) is 2. The van der Waals surface area contributed by atoms with Gasteiger partial charge in [-0.15, -0.1) is 11.3 Å². The number of anilines is 1. The Morgan fingerprint density at radius 1 is 1.31 bits per heavy atom. The van der Waals surface area contributed by atoms with Gasteiger partial charge in [0.05, 0.1) is 11.2 Å². The van der Waals surface area contributed by atoms with Gasteiger partial charge in [0.25, 0.3) is 0 Å². The summed E-state index contributed by atoms with van der Waals surface area (Å²) in [6, 6.07) is 0. The molecule has 1 aromatic heterocycles. The van der Waals surface area contributed by atoms with Gasteiger partial charge in [0, 0.05) is 5.38 Å². The standard InChI is InChI=1S/C9H15N3S/c10-8-12-7(6-13-8)9(11)4-2-1-3-5-9/h6H,1-5,11H2,(H2,10,12). The molecule has 0 amide bonds. The molecular formula is C9H15N3S. The fourth-order valence-electron chi connectivity index (χ4n) is 1.96. The Morgan fingerprint density at radius 3 is 2.54 bits per heavy atom. The highest BCUT2D eigenvalue weighted by Crippen LogP contribution is 2.35. The smallest absolute Gasteiger partial charge is 0.180 e. The van der Waals surface area contributed by atoms with Crippen molar-refractivity contribution in [3.05, 3.63) is 11.1 Å². The fraction of sp³-hybridized carbons (Fsp3) is 0.667. The Kier molecular flexibility index (Phi) is 2.26. The fourth-order valence-corrected chi connectivity index (χ4v) is 2.63. The molecule has 0 saturated heterocycles. The van der Waals surface area contributed by atoms with Gasteiger partial charge < -0.3 is 11.5 Å². The van der Waals surface area contributed by atoms with Crippen molar-refractivity contribution < 1.29 is 0 Å². The monoisotopic (exact) mass is 197 g/mol. The zero-order chi connectivity index (χ0) is 9.31. The number of aromatic nitrogens is 1. The predicted octanol–water partition coefficient (Wildman–Crippen LogP) is 1.84. The summed E-state index contributed by atoms with van der Waals surface area (Å²) < 4.78 is 0.